The number of aromatic nitrogens is 3. The molecule has 2 aromatic heterocycles. The Bertz CT molecular complexity index is 1940. The molecule has 0 radical (unpaired) electrons. The van der Waals surface area contributed by atoms with E-state index in [1.54, 1.807) is 24.0 Å². The van der Waals surface area contributed by atoms with E-state index in [1.165, 1.54) is 11.0 Å². The molecule has 7 rings (SSSR count). The number of Topliss-reactive ketones (excluding diaryl/α,β-unsaturated/α-hetero) is 1. The van der Waals surface area contributed by atoms with Gasteiger partial charge in [0.05, 0.1) is 0 Å². The zero-order valence-corrected chi connectivity index (χ0v) is 25.7. The van der Waals surface area contributed by atoms with Crippen LogP contribution in [0.2, 0.25) is 5.02 Å². The zero-order chi connectivity index (χ0) is 30.2. The van der Waals surface area contributed by atoms with Crippen molar-refractivity contribution >= 4 is 57.5 Å². The molecule has 0 bridgehead atoms. The topological polar surface area (TPSA) is 101 Å². The average molecular weight is 623 g/mol. The molecular formula is C34H31ClN6O2S. The van der Waals surface area contributed by atoms with E-state index in [0.29, 0.717) is 50.5 Å². The molecule has 4 heterocycles. The Hall–Kier alpha value is -4.18. The number of piperidine rings is 1. The van der Waals surface area contributed by atoms with E-state index in [-0.39, 0.29) is 11.3 Å². The summed E-state index contributed by atoms with van der Waals surface area (Å²) in [5, 5.41) is 11.4. The van der Waals surface area contributed by atoms with Crippen molar-refractivity contribution in [1.82, 2.24) is 19.9 Å². The third-order valence-electron chi connectivity index (χ3n) is 8.16. The van der Waals surface area contributed by atoms with E-state index in [9.17, 15) is 9.59 Å². The highest BCUT2D eigenvalue weighted by Gasteiger charge is 2.32. The highest BCUT2D eigenvalue weighted by molar-refractivity contribution is 7.99. The van der Waals surface area contributed by atoms with Crippen LogP contribution >= 0.6 is 23.4 Å². The van der Waals surface area contributed by atoms with Crippen molar-refractivity contribution in [3.63, 3.8) is 0 Å². The fourth-order valence-corrected chi connectivity index (χ4v) is 7.38. The van der Waals surface area contributed by atoms with E-state index < -0.39 is 6.04 Å². The van der Waals surface area contributed by atoms with Gasteiger partial charge >= 0.3 is 0 Å². The summed E-state index contributed by atoms with van der Waals surface area (Å²) in [6, 6.07) is 22.6. The van der Waals surface area contributed by atoms with Gasteiger partial charge in [-0.2, -0.15) is 4.98 Å². The van der Waals surface area contributed by atoms with Crippen LogP contribution in [0.5, 0.6) is 0 Å². The van der Waals surface area contributed by atoms with Crippen molar-refractivity contribution in [1.29, 1.82) is 0 Å². The van der Waals surface area contributed by atoms with Crippen LogP contribution in [0.15, 0.2) is 88.7 Å². The number of hydrogen-bond acceptors (Lipinski definition) is 8. The Morgan fingerprint density at radius 3 is 2.59 bits per heavy atom. The van der Waals surface area contributed by atoms with Crippen molar-refractivity contribution in [3.8, 4) is 11.1 Å². The molecule has 0 saturated carbocycles. The van der Waals surface area contributed by atoms with Gasteiger partial charge < -0.3 is 16.0 Å². The molecule has 2 aliphatic rings. The lowest BCUT2D eigenvalue weighted by atomic mass is 10.0. The van der Waals surface area contributed by atoms with E-state index in [4.69, 9.17) is 16.6 Å². The summed E-state index contributed by atoms with van der Waals surface area (Å²) in [5.41, 5.74) is 4.54. The number of rotatable bonds is 6. The number of anilines is 3. The minimum absolute atomic E-state index is 0.112. The minimum Gasteiger partial charge on any atom is -0.381 e. The zero-order valence-electron chi connectivity index (χ0n) is 24.1. The van der Waals surface area contributed by atoms with Crippen molar-refractivity contribution in [2.45, 2.75) is 36.7 Å². The van der Waals surface area contributed by atoms with E-state index in [1.807, 2.05) is 73.7 Å². The van der Waals surface area contributed by atoms with Gasteiger partial charge in [0.25, 0.3) is 5.56 Å². The Morgan fingerprint density at radius 2 is 1.80 bits per heavy atom. The number of fused-ring (bicyclic) bond motifs is 2. The van der Waals surface area contributed by atoms with Crippen LogP contribution in [0.4, 0.5) is 17.3 Å². The fraction of sp³-hybridized carbons (Fsp3) is 0.235. The highest BCUT2D eigenvalue weighted by atomic mass is 35.5. The van der Waals surface area contributed by atoms with Gasteiger partial charge in [0.1, 0.15) is 11.7 Å². The van der Waals surface area contributed by atoms with Gasteiger partial charge in [0.15, 0.2) is 5.78 Å². The maximum Gasteiger partial charge on any atom is 0.260 e. The number of pyridine rings is 1. The van der Waals surface area contributed by atoms with Gasteiger partial charge in [-0.15, -0.1) is 11.8 Å². The molecular weight excluding hydrogens is 592 g/mol. The lowest BCUT2D eigenvalue weighted by Gasteiger charge is -2.26. The Balaban J connectivity index is 1.28. The second-order valence-corrected chi connectivity index (χ2v) is 12.7. The summed E-state index contributed by atoms with van der Waals surface area (Å²) in [7, 11) is 0. The molecule has 0 spiro atoms. The first-order chi connectivity index (χ1) is 21.4. The molecule has 1 saturated heterocycles. The molecule has 2 unspecified atom stereocenters. The number of hydrogen-bond donors (Lipinski definition) is 3. The maximum atomic E-state index is 14.3. The van der Waals surface area contributed by atoms with Gasteiger partial charge in [-0.3, -0.25) is 14.2 Å². The number of nitrogens with zero attached hydrogens (tertiary/aromatic N) is 3. The number of thioether (sulfide) groups is 1. The van der Waals surface area contributed by atoms with Crippen molar-refractivity contribution in [3.05, 3.63) is 105 Å². The normalized spacial score (nSPS) is 18.2. The van der Waals surface area contributed by atoms with Crippen molar-refractivity contribution in [2.75, 3.05) is 29.5 Å². The molecule has 1 fully saturated rings. The van der Waals surface area contributed by atoms with E-state index >= 15 is 0 Å². The summed E-state index contributed by atoms with van der Waals surface area (Å²) in [6.07, 6.45) is 4.00. The van der Waals surface area contributed by atoms with Gasteiger partial charge in [0.2, 0.25) is 5.95 Å². The first-order valence-corrected chi connectivity index (χ1v) is 16.1. The number of nitrogens with one attached hydrogen (secondary N) is 3. The molecule has 0 amide bonds. The smallest absolute Gasteiger partial charge is 0.260 e. The first-order valence-electron chi connectivity index (χ1n) is 14.7. The number of ketones is 1. The molecule has 8 nitrogen and oxygen atoms in total. The fourth-order valence-electron chi connectivity index (χ4n) is 5.90. The van der Waals surface area contributed by atoms with Crippen LogP contribution in [0.3, 0.4) is 0 Å². The third kappa shape index (κ3) is 5.58. The third-order valence-corrected chi connectivity index (χ3v) is 9.62. The van der Waals surface area contributed by atoms with Gasteiger partial charge in [-0.1, -0.05) is 41.9 Å². The molecule has 3 aromatic carbocycles. The molecule has 44 heavy (non-hydrogen) atoms. The molecule has 222 valence electrons. The number of halogens is 1. The van der Waals surface area contributed by atoms with E-state index in [2.05, 4.69) is 20.9 Å². The first kappa shape index (κ1) is 28.6. The molecule has 2 aliphatic heterocycles. The lowest BCUT2D eigenvalue weighted by molar-refractivity contribution is 0.0932. The Labute approximate surface area is 264 Å². The monoisotopic (exact) mass is 622 g/mol. The highest BCUT2D eigenvalue weighted by Crippen LogP contribution is 2.37. The SMILES string of the molecule is Cc1ccc(-c2cc3cnc(Nc4ccc(NC5CCCNC5)cc4)nc3n(C3CSc4ccccc4C3=O)c2=O)c(Cl)c1. The number of carbonyl (C=O) groups excluding carboxylic acids is 1. The predicted octanol–water partition coefficient (Wildman–Crippen LogP) is 6.86. The van der Waals surface area contributed by atoms with Gasteiger partial charge in [0, 0.05) is 67.9 Å². The van der Waals surface area contributed by atoms with Crippen LogP contribution in [-0.2, 0) is 0 Å². The second-order valence-electron chi connectivity index (χ2n) is 11.3. The van der Waals surface area contributed by atoms with Crippen LogP contribution < -0.4 is 21.5 Å². The lowest BCUT2D eigenvalue weighted by Crippen LogP contribution is -2.38. The Morgan fingerprint density at radius 1 is 0.977 bits per heavy atom. The summed E-state index contributed by atoms with van der Waals surface area (Å²) < 4.78 is 1.53. The van der Waals surface area contributed by atoms with Crippen LogP contribution in [-0.4, -0.2) is 45.2 Å². The predicted molar refractivity (Wildman–Crippen MR) is 179 cm³/mol. The number of benzene rings is 3. The Kier molecular flexibility index (Phi) is 7.84. The molecule has 5 aromatic rings. The standard InChI is InChI=1S/C34H31ClN6O2S/c1-20-8-13-25(28(35)15-20)27-16-21-17-37-34(39-23-11-9-22(10-12-23)38-24-5-4-14-36-18-24)40-32(21)41(33(27)43)29-19-44-30-7-3-2-6-26(30)31(29)42/h2-3,6-13,15-17,24,29,36,38H,4-5,14,18-19H2,1H3,(H,37,39,40). The number of aryl methyl sites for hydroxylation is 1. The van der Waals surface area contributed by atoms with Gasteiger partial charge in [-0.25, -0.2) is 4.98 Å². The summed E-state index contributed by atoms with van der Waals surface area (Å²) in [4.78, 5) is 38.5. The maximum absolute atomic E-state index is 14.3. The van der Waals surface area contributed by atoms with Crippen molar-refractivity contribution in [2.24, 2.45) is 0 Å². The molecule has 10 heteroatoms. The largest absolute Gasteiger partial charge is 0.381 e. The van der Waals surface area contributed by atoms with Crippen LogP contribution in [0.25, 0.3) is 22.2 Å². The summed E-state index contributed by atoms with van der Waals surface area (Å²) >= 11 is 8.20. The number of carbonyl (C=O) groups is 1. The average Bonchev–Trinajstić information content (AvgIpc) is 3.03. The molecule has 2 atom stereocenters. The van der Waals surface area contributed by atoms with Crippen molar-refractivity contribution < 1.29 is 4.79 Å². The summed E-state index contributed by atoms with van der Waals surface area (Å²) in [6.45, 7) is 3.98. The van der Waals surface area contributed by atoms with Crippen LogP contribution in [0, 0.1) is 6.92 Å². The van der Waals surface area contributed by atoms with Gasteiger partial charge in [-0.05, 0) is 74.3 Å². The molecule has 0 aliphatic carbocycles. The summed E-state index contributed by atoms with van der Waals surface area (Å²) in [5.74, 6) is 0.632. The van der Waals surface area contributed by atoms with E-state index in [0.717, 1.165) is 41.3 Å². The molecule has 3 N–H and O–H groups in total. The second kappa shape index (κ2) is 12.1. The minimum atomic E-state index is -0.739. The van der Waals surface area contributed by atoms with Crippen LogP contribution in [0.1, 0.15) is 34.8 Å². The quantitative estimate of drug-likeness (QED) is 0.189.